The Morgan fingerprint density at radius 1 is 1.24 bits per heavy atom. The molecular formula is C17H29BN4O2S. The van der Waals surface area contributed by atoms with E-state index in [9.17, 15) is 0 Å². The lowest BCUT2D eigenvalue weighted by atomic mass is 9.81. The van der Waals surface area contributed by atoms with E-state index < -0.39 is 7.12 Å². The number of likely N-dealkylation sites (tertiary alicyclic amines) is 1. The molecule has 0 aromatic carbocycles. The SMILES string of the molecule is CC1(C)OB(c2cnc(S[C@@H]3CCCN(CCN)C3)nc2)OC1(C)C. The Balaban J connectivity index is 1.60. The highest BCUT2D eigenvalue weighted by Gasteiger charge is 2.51. The molecule has 3 rings (SSSR count). The zero-order chi connectivity index (χ0) is 18.1. The molecule has 1 atom stereocenters. The summed E-state index contributed by atoms with van der Waals surface area (Å²) in [5.41, 5.74) is 5.85. The van der Waals surface area contributed by atoms with Crippen molar-refractivity contribution in [1.29, 1.82) is 0 Å². The number of piperidine rings is 1. The molecule has 2 aliphatic heterocycles. The van der Waals surface area contributed by atoms with Gasteiger partial charge >= 0.3 is 7.12 Å². The fraction of sp³-hybridized carbons (Fsp3) is 0.765. The summed E-state index contributed by atoms with van der Waals surface area (Å²) in [4.78, 5) is 11.5. The number of thioether (sulfide) groups is 1. The van der Waals surface area contributed by atoms with Gasteiger partial charge in [0.2, 0.25) is 0 Å². The van der Waals surface area contributed by atoms with Crippen LogP contribution in [0.15, 0.2) is 17.6 Å². The van der Waals surface area contributed by atoms with Gasteiger partial charge in [-0.2, -0.15) is 0 Å². The lowest BCUT2D eigenvalue weighted by molar-refractivity contribution is 0.00578. The van der Waals surface area contributed by atoms with Crippen LogP contribution in [0, 0.1) is 0 Å². The van der Waals surface area contributed by atoms with Crippen molar-refractivity contribution in [3.8, 4) is 0 Å². The van der Waals surface area contributed by atoms with Gasteiger partial charge in [-0.05, 0) is 47.1 Å². The number of aromatic nitrogens is 2. The number of nitrogens with two attached hydrogens (primary N) is 1. The Labute approximate surface area is 155 Å². The van der Waals surface area contributed by atoms with Gasteiger partial charge in [0.15, 0.2) is 5.16 Å². The van der Waals surface area contributed by atoms with Gasteiger partial charge in [0, 0.05) is 42.7 Å². The standard InChI is InChI=1S/C17H29BN4O2S/c1-16(2)17(3,4)24-18(23-16)13-10-20-15(21-11-13)25-14-6-5-8-22(12-14)9-7-19/h10-11,14H,5-9,12,19H2,1-4H3/t14-/m1/s1. The maximum Gasteiger partial charge on any atom is 0.498 e. The molecule has 3 heterocycles. The first-order chi connectivity index (χ1) is 11.8. The van der Waals surface area contributed by atoms with Gasteiger partial charge in [-0.3, -0.25) is 0 Å². The smallest absolute Gasteiger partial charge is 0.399 e. The predicted molar refractivity (Wildman–Crippen MR) is 102 cm³/mol. The molecule has 2 fully saturated rings. The second-order valence-corrected chi connectivity index (χ2v) is 9.13. The van der Waals surface area contributed by atoms with Gasteiger partial charge in [-0.15, -0.1) is 0 Å². The molecule has 0 bridgehead atoms. The highest BCUT2D eigenvalue weighted by molar-refractivity contribution is 7.99. The minimum Gasteiger partial charge on any atom is -0.399 e. The quantitative estimate of drug-likeness (QED) is 0.623. The Morgan fingerprint density at radius 3 is 2.48 bits per heavy atom. The minimum absolute atomic E-state index is 0.348. The molecule has 0 saturated carbocycles. The maximum absolute atomic E-state index is 6.05. The van der Waals surface area contributed by atoms with Gasteiger partial charge < -0.3 is 19.9 Å². The number of hydrogen-bond acceptors (Lipinski definition) is 7. The second-order valence-electron chi connectivity index (χ2n) is 7.86. The van der Waals surface area contributed by atoms with Crippen LogP contribution in [0.25, 0.3) is 0 Å². The van der Waals surface area contributed by atoms with Crippen LogP contribution in [0.1, 0.15) is 40.5 Å². The molecule has 0 amide bonds. The third kappa shape index (κ3) is 4.36. The third-order valence-corrected chi connectivity index (χ3v) is 6.49. The van der Waals surface area contributed by atoms with E-state index >= 15 is 0 Å². The number of nitrogens with zero attached hydrogens (tertiary/aromatic N) is 3. The number of hydrogen-bond donors (Lipinski definition) is 1. The lowest BCUT2D eigenvalue weighted by Gasteiger charge is -2.32. The summed E-state index contributed by atoms with van der Waals surface area (Å²) in [5, 5.41) is 1.35. The fourth-order valence-corrected chi connectivity index (χ4v) is 4.23. The Bertz CT molecular complexity index is 567. The first-order valence-electron chi connectivity index (χ1n) is 9.07. The summed E-state index contributed by atoms with van der Waals surface area (Å²) >= 11 is 1.76. The molecule has 0 radical (unpaired) electrons. The highest BCUT2D eigenvalue weighted by atomic mass is 32.2. The van der Waals surface area contributed by atoms with Gasteiger partial charge in [0.05, 0.1) is 11.2 Å². The van der Waals surface area contributed by atoms with E-state index in [1.165, 1.54) is 12.8 Å². The molecule has 0 unspecified atom stereocenters. The van der Waals surface area contributed by atoms with Gasteiger partial charge in [0.1, 0.15) is 0 Å². The first-order valence-corrected chi connectivity index (χ1v) is 9.95. The molecule has 2 saturated heterocycles. The van der Waals surface area contributed by atoms with Crippen molar-refractivity contribution in [3.63, 3.8) is 0 Å². The monoisotopic (exact) mass is 364 g/mol. The van der Waals surface area contributed by atoms with Crippen LogP contribution in [-0.4, -0.2) is 64.6 Å². The molecule has 25 heavy (non-hydrogen) atoms. The van der Waals surface area contributed by atoms with Crippen molar-refractivity contribution in [2.75, 3.05) is 26.2 Å². The van der Waals surface area contributed by atoms with Gasteiger partial charge in [-0.25, -0.2) is 9.97 Å². The summed E-state index contributed by atoms with van der Waals surface area (Å²) in [7, 11) is -0.404. The topological polar surface area (TPSA) is 73.5 Å². The van der Waals surface area contributed by atoms with Crippen molar-refractivity contribution in [2.24, 2.45) is 5.73 Å². The molecule has 138 valence electrons. The van der Waals surface area contributed by atoms with Crippen LogP contribution in [0.4, 0.5) is 0 Å². The van der Waals surface area contributed by atoms with Crippen LogP contribution in [-0.2, 0) is 9.31 Å². The second kappa shape index (κ2) is 7.52. The van der Waals surface area contributed by atoms with Crippen molar-refractivity contribution in [2.45, 2.75) is 62.1 Å². The summed E-state index contributed by atoms with van der Waals surface area (Å²) < 4.78 is 12.1. The van der Waals surface area contributed by atoms with Crippen LogP contribution in [0.3, 0.4) is 0 Å². The zero-order valence-corrected chi connectivity index (χ0v) is 16.5. The first kappa shape index (κ1) is 19.1. The zero-order valence-electron chi connectivity index (χ0n) is 15.7. The maximum atomic E-state index is 6.05. The van der Waals surface area contributed by atoms with E-state index in [2.05, 4.69) is 14.9 Å². The fourth-order valence-electron chi connectivity index (χ4n) is 3.13. The lowest BCUT2D eigenvalue weighted by Crippen LogP contribution is -2.41. The van der Waals surface area contributed by atoms with Crippen molar-refractivity contribution < 1.29 is 9.31 Å². The number of rotatable bonds is 5. The molecule has 1 aromatic heterocycles. The molecular weight excluding hydrogens is 335 g/mol. The third-order valence-electron chi connectivity index (χ3n) is 5.35. The Morgan fingerprint density at radius 2 is 1.88 bits per heavy atom. The van der Waals surface area contributed by atoms with Crippen molar-refractivity contribution in [1.82, 2.24) is 14.9 Å². The Hall–Kier alpha value is -0.665. The highest BCUT2D eigenvalue weighted by Crippen LogP contribution is 2.36. The van der Waals surface area contributed by atoms with Crippen molar-refractivity contribution >= 4 is 24.3 Å². The minimum atomic E-state index is -0.404. The summed E-state index contributed by atoms with van der Waals surface area (Å²) in [5.74, 6) is 0. The summed E-state index contributed by atoms with van der Waals surface area (Å²) in [6.07, 6.45) is 6.08. The van der Waals surface area contributed by atoms with Crippen LogP contribution >= 0.6 is 11.8 Å². The largest absolute Gasteiger partial charge is 0.498 e. The molecule has 0 aliphatic carbocycles. The summed E-state index contributed by atoms with van der Waals surface area (Å²) in [6.45, 7) is 12.1. The van der Waals surface area contributed by atoms with Gasteiger partial charge in [0.25, 0.3) is 0 Å². The normalized spacial score (nSPS) is 26.1. The summed E-state index contributed by atoms with van der Waals surface area (Å²) in [6, 6.07) is 0. The van der Waals surface area contributed by atoms with E-state index in [1.54, 1.807) is 11.8 Å². The van der Waals surface area contributed by atoms with Crippen molar-refractivity contribution in [3.05, 3.63) is 12.4 Å². The van der Waals surface area contributed by atoms with E-state index in [0.29, 0.717) is 5.25 Å². The van der Waals surface area contributed by atoms with Gasteiger partial charge in [-0.1, -0.05) is 11.8 Å². The van der Waals surface area contributed by atoms with Crippen LogP contribution in [0.5, 0.6) is 0 Å². The molecule has 2 N–H and O–H groups in total. The van der Waals surface area contributed by atoms with Crippen LogP contribution < -0.4 is 11.2 Å². The van der Waals surface area contributed by atoms with E-state index in [0.717, 1.165) is 36.8 Å². The van der Waals surface area contributed by atoms with E-state index in [-0.39, 0.29) is 11.2 Å². The molecule has 2 aliphatic rings. The Kier molecular flexibility index (Phi) is 5.75. The average Bonchev–Trinajstić information content (AvgIpc) is 2.77. The van der Waals surface area contributed by atoms with E-state index in [4.69, 9.17) is 15.0 Å². The van der Waals surface area contributed by atoms with E-state index in [1.807, 2.05) is 40.1 Å². The predicted octanol–water partition coefficient (Wildman–Crippen LogP) is 1.29. The molecule has 8 heteroatoms. The molecule has 6 nitrogen and oxygen atoms in total. The average molecular weight is 364 g/mol. The van der Waals surface area contributed by atoms with Crippen LogP contribution in [0.2, 0.25) is 0 Å². The molecule has 0 spiro atoms. The molecule has 1 aromatic rings.